The molecule has 7 nitrogen and oxygen atoms in total. The third-order valence-electron chi connectivity index (χ3n) is 3.54. The van der Waals surface area contributed by atoms with Gasteiger partial charge in [0.25, 0.3) is 0 Å². The van der Waals surface area contributed by atoms with E-state index in [4.69, 9.17) is 19.9 Å². The van der Waals surface area contributed by atoms with Crippen LogP contribution in [0.25, 0.3) is 0 Å². The number of hydrogen-bond acceptors (Lipinski definition) is 5. The van der Waals surface area contributed by atoms with Crippen LogP contribution >= 0.6 is 0 Å². The fourth-order valence-electron chi connectivity index (χ4n) is 2.25. The van der Waals surface area contributed by atoms with Crippen molar-refractivity contribution in [3.8, 4) is 23.0 Å². The average Bonchev–Trinajstić information content (AvgIpc) is 2.67. The normalized spacial score (nSPS) is 11.7. The molecule has 0 unspecified atom stereocenters. The first-order valence-corrected chi connectivity index (χ1v) is 8.57. The molecule has 158 valence electrons. The van der Waals surface area contributed by atoms with Crippen molar-refractivity contribution >= 4 is 11.6 Å². The van der Waals surface area contributed by atoms with Crippen LogP contribution in [0.1, 0.15) is 6.42 Å². The molecule has 0 aliphatic heterocycles. The first-order chi connectivity index (χ1) is 13.8. The van der Waals surface area contributed by atoms with Crippen molar-refractivity contribution in [2.75, 3.05) is 32.7 Å². The van der Waals surface area contributed by atoms with E-state index in [0.717, 1.165) is 0 Å². The van der Waals surface area contributed by atoms with Crippen molar-refractivity contribution in [1.29, 1.82) is 0 Å². The lowest BCUT2D eigenvalue weighted by Gasteiger charge is -2.10. The molecule has 0 saturated heterocycles. The largest absolute Gasteiger partial charge is 0.573 e. The van der Waals surface area contributed by atoms with Crippen LogP contribution < -0.4 is 30.0 Å². The van der Waals surface area contributed by atoms with Crippen molar-refractivity contribution in [1.82, 2.24) is 0 Å². The molecule has 0 atom stereocenters. The summed E-state index contributed by atoms with van der Waals surface area (Å²) in [6.07, 6.45) is -4.13. The van der Waals surface area contributed by atoms with Crippen LogP contribution in [0.5, 0.6) is 23.0 Å². The summed E-state index contributed by atoms with van der Waals surface area (Å²) in [4.78, 5) is 4.14. The maximum absolute atomic E-state index is 12.1. The van der Waals surface area contributed by atoms with Crippen molar-refractivity contribution in [2.45, 2.75) is 12.8 Å². The monoisotopic (exact) mass is 413 g/mol. The van der Waals surface area contributed by atoms with Gasteiger partial charge >= 0.3 is 6.36 Å². The second-order valence-electron chi connectivity index (χ2n) is 5.71. The van der Waals surface area contributed by atoms with Crippen LogP contribution in [-0.4, -0.2) is 39.7 Å². The van der Waals surface area contributed by atoms with E-state index in [0.29, 0.717) is 42.5 Å². The number of alkyl halides is 3. The Bertz CT molecular complexity index is 789. The van der Waals surface area contributed by atoms with Crippen molar-refractivity contribution < 1.29 is 32.1 Å². The van der Waals surface area contributed by atoms with Crippen molar-refractivity contribution in [2.24, 2.45) is 10.7 Å². The minimum absolute atomic E-state index is 0.137. The van der Waals surface area contributed by atoms with Gasteiger partial charge in [0.2, 0.25) is 0 Å². The second-order valence-corrected chi connectivity index (χ2v) is 5.71. The third-order valence-corrected chi connectivity index (χ3v) is 3.54. The zero-order valence-electron chi connectivity index (χ0n) is 16.0. The molecule has 0 bridgehead atoms. The molecule has 0 radical (unpaired) electrons. The standard InChI is InChI=1S/C19H22F3N3O4/c1-26-15-10-16(27-2)12-17(11-15)28-9-3-8-24-18(23)25-13-4-6-14(7-5-13)29-19(20,21)22/h4-7,10-12H,3,8-9H2,1-2H3,(H3,23,24,25). The van der Waals surface area contributed by atoms with Gasteiger partial charge in [-0.25, -0.2) is 0 Å². The van der Waals surface area contributed by atoms with Gasteiger partial charge in [-0.05, 0) is 24.3 Å². The maximum Gasteiger partial charge on any atom is 0.573 e. The van der Waals surface area contributed by atoms with Crippen molar-refractivity contribution in [3.05, 3.63) is 42.5 Å². The topological polar surface area (TPSA) is 87.3 Å². The highest BCUT2D eigenvalue weighted by Gasteiger charge is 2.30. The number of nitrogens with two attached hydrogens (primary N) is 1. The number of anilines is 1. The Kier molecular flexibility index (Phi) is 7.81. The molecule has 0 aliphatic carbocycles. The molecule has 0 amide bonds. The van der Waals surface area contributed by atoms with Gasteiger partial charge in [0.1, 0.15) is 23.0 Å². The van der Waals surface area contributed by atoms with Gasteiger partial charge in [-0.15, -0.1) is 13.2 Å². The van der Waals surface area contributed by atoms with E-state index in [2.05, 4.69) is 15.0 Å². The second kappa shape index (κ2) is 10.3. The highest BCUT2D eigenvalue weighted by molar-refractivity contribution is 5.92. The molecule has 0 spiro atoms. The predicted molar refractivity (Wildman–Crippen MR) is 103 cm³/mol. The smallest absolute Gasteiger partial charge is 0.496 e. The Morgan fingerprint density at radius 2 is 1.55 bits per heavy atom. The number of benzene rings is 2. The molecule has 29 heavy (non-hydrogen) atoms. The van der Waals surface area contributed by atoms with E-state index in [1.165, 1.54) is 24.3 Å². The summed E-state index contributed by atoms with van der Waals surface area (Å²) in [5.74, 6) is 1.68. The third kappa shape index (κ3) is 8.08. The van der Waals surface area contributed by atoms with E-state index in [1.807, 2.05) is 0 Å². The average molecular weight is 413 g/mol. The lowest BCUT2D eigenvalue weighted by atomic mass is 10.3. The summed E-state index contributed by atoms with van der Waals surface area (Å²) in [7, 11) is 3.11. The summed E-state index contributed by atoms with van der Waals surface area (Å²) in [6.45, 7) is 0.797. The SMILES string of the molecule is COc1cc(OC)cc(OCCCN=C(N)Nc2ccc(OC(F)(F)F)cc2)c1. The summed E-state index contributed by atoms with van der Waals surface area (Å²) in [5, 5.41) is 2.79. The Balaban J connectivity index is 1.76. The molecule has 2 aromatic rings. The van der Waals surface area contributed by atoms with E-state index in [9.17, 15) is 13.2 Å². The van der Waals surface area contributed by atoms with Gasteiger partial charge in [-0.3, -0.25) is 4.99 Å². The summed E-state index contributed by atoms with van der Waals surface area (Å²) < 4.78 is 56.2. The molecular formula is C19H22F3N3O4. The number of ether oxygens (including phenoxy) is 4. The summed E-state index contributed by atoms with van der Waals surface area (Å²) in [5.41, 5.74) is 6.25. The van der Waals surface area contributed by atoms with Crippen LogP contribution in [0.4, 0.5) is 18.9 Å². The molecule has 2 aromatic carbocycles. The highest BCUT2D eigenvalue weighted by atomic mass is 19.4. The molecule has 0 aromatic heterocycles. The van der Waals surface area contributed by atoms with Crippen LogP contribution in [0.2, 0.25) is 0 Å². The van der Waals surface area contributed by atoms with Crippen LogP contribution in [0, 0.1) is 0 Å². The number of halogens is 3. The molecule has 3 N–H and O–H groups in total. The number of nitrogens with zero attached hydrogens (tertiary/aromatic N) is 1. The van der Waals surface area contributed by atoms with Crippen LogP contribution in [0.15, 0.2) is 47.5 Å². The Hall–Kier alpha value is -3.30. The number of methoxy groups -OCH3 is 2. The quantitative estimate of drug-likeness (QED) is 0.369. The lowest BCUT2D eigenvalue weighted by Crippen LogP contribution is -2.23. The highest BCUT2D eigenvalue weighted by Crippen LogP contribution is 2.27. The van der Waals surface area contributed by atoms with E-state index < -0.39 is 6.36 Å². The van der Waals surface area contributed by atoms with E-state index in [1.54, 1.807) is 32.4 Å². The van der Waals surface area contributed by atoms with Crippen molar-refractivity contribution in [3.63, 3.8) is 0 Å². The molecular weight excluding hydrogens is 391 g/mol. The molecule has 10 heteroatoms. The predicted octanol–water partition coefficient (Wildman–Crippen LogP) is 3.80. The number of guanidine groups is 1. The summed E-state index contributed by atoms with van der Waals surface area (Å²) >= 11 is 0. The fourth-order valence-corrected chi connectivity index (χ4v) is 2.25. The fraction of sp³-hybridized carbons (Fsp3) is 0.316. The molecule has 2 rings (SSSR count). The summed E-state index contributed by atoms with van der Waals surface area (Å²) in [6, 6.07) is 10.4. The van der Waals surface area contributed by atoms with E-state index >= 15 is 0 Å². The zero-order valence-corrected chi connectivity index (χ0v) is 16.0. The number of rotatable bonds is 9. The Morgan fingerprint density at radius 3 is 2.10 bits per heavy atom. The first-order valence-electron chi connectivity index (χ1n) is 8.57. The number of hydrogen-bond donors (Lipinski definition) is 2. The number of aliphatic imine (C=N–C) groups is 1. The van der Waals surface area contributed by atoms with Gasteiger partial charge in [0.15, 0.2) is 5.96 Å². The number of nitrogens with one attached hydrogen (secondary N) is 1. The van der Waals surface area contributed by atoms with Gasteiger partial charge in [-0.2, -0.15) is 0 Å². The Labute approximate surface area is 166 Å². The molecule has 0 fully saturated rings. The lowest BCUT2D eigenvalue weighted by molar-refractivity contribution is -0.274. The minimum Gasteiger partial charge on any atom is -0.496 e. The molecule has 0 heterocycles. The van der Waals surface area contributed by atoms with Crippen LogP contribution in [0.3, 0.4) is 0 Å². The molecule has 0 saturated carbocycles. The van der Waals surface area contributed by atoms with Crippen LogP contribution in [-0.2, 0) is 0 Å². The maximum atomic E-state index is 12.1. The zero-order chi connectivity index (χ0) is 21.3. The first kappa shape index (κ1) is 22.0. The van der Waals surface area contributed by atoms with Gasteiger partial charge < -0.3 is 30.0 Å². The van der Waals surface area contributed by atoms with E-state index in [-0.39, 0.29) is 11.7 Å². The molecule has 0 aliphatic rings. The minimum atomic E-state index is -4.73. The Morgan fingerprint density at radius 1 is 0.966 bits per heavy atom. The van der Waals surface area contributed by atoms with Gasteiger partial charge in [0.05, 0.1) is 20.8 Å². The van der Waals surface area contributed by atoms with Gasteiger partial charge in [0, 0.05) is 36.9 Å². The van der Waals surface area contributed by atoms with Gasteiger partial charge in [-0.1, -0.05) is 0 Å².